The van der Waals surface area contributed by atoms with E-state index in [1.54, 1.807) is 4.90 Å². The van der Waals surface area contributed by atoms with Gasteiger partial charge in [0.15, 0.2) is 0 Å². The number of carbonyl (C=O) groups is 1. The molecule has 0 saturated heterocycles. The maximum atomic E-state index is 13.6. The third-order valence-corrected chi connectivity index (χ3v) is 5.95. The first-order valence-electron chi connectivity index (χ1n) is 9.81. The van der Waals surface area contributed by atoms with Crippen LogP contribution in [-0.2, 0) is 12.6 Å². The molecule has 0 aliphatic carbocycles. The molecule has 2 heterocycles. The molecule has 2 aliphatic heterocycles. The Hall–Kier alpha value is -3.28. The number of rotatable bonds is 1. The second-order valence-corrected chi connectivity index (χ2v) is 7.71. The third kappa shape index (κ3) is 2.78. The van der Waals surface area contributed by atoms with Crippen molar-refractivity contribution in [1.29, 1.82) is 0 Å². The predicted octanol–water partition coefficient (Wildman–Crippen LogP) is 5.74. The van der Waals surface area contributed by atoms with Crippen molar-refractivity contribution >= 4 is 17.3 Å². The van der Waals surface area contributed by atoms with E-state index in [-0.39, 0.29) is 5.56 Å². The van der Waals surface area contributed by atoms with Crippen molar-refractivity contribution in [2.75, 3.05) is 16.3 Å². The van der Waals surface area contributed by atoms with Gasteiger partial charge in [-0.05, 0) is 54.3 Å². The lowest BCUT2D eigenvalue weighted by Gasteiger charge is -2.49. The van der Waals surface area contributed by atoms with Crippen LogP contribution in [0.25, 0.3) is 0 Å². The van der Waals surface area contributed by atoms with E-state index < -0.39 is 23.8 Å². The zero-order chi connectivity index (χ0) is 21.0. The van der Waals surface area contributed by atoms with E-state index in [1.165, 1.54) is 6.07 Å². The lowest BCUT2D eigenvalue weighted by Crippen LogP contribution is -2.52. The van der Waals surface area contributed by atoms with Crippen LogP contribution in [0.5, 0.6) is 0 Å². The number of aryl methyl sites for hydroxylation is 1. The van der Waals surface area contributed by atoms with Crippen LogP contribution < -0.4 is 9.80 Å². The van der Waals surface area contributed by atoms with Gasteiger partial charge in [0.1, 0.15) is 6.17 Å². The Morgan fingerprint density at radius 3 is 2.43 bits per heavy atom. The number of hydrogen-bond donors (Lipinski definition) is 0. The largest absolute Gasteiger partial charge is 0.416 e. The van der Waals surface area contributed by atoms with Gasteiger partial charge in [-0.15, -0.1) is 0 Å². The number of amides is 1. The van der Waals surface area contributed by atoms with Crippen molar-refractivity contribution in [2.24, 2.45) is 0 Å². The van der Waals surface area contributed by atoms with E-state index in [2.05, 4.69) is 6.07 Å². The van der Waals surface area contributed by atoms with Crippen LogP contribution in [0.15, 0.2) is 66.7 Å². The number of benzene rings is 3. The number of nitrogens with zero attached hydrogens (tertiary/aromatic N) is 2. The molecule has 152 valence electrons. The Morgan fingerprint density at radius 2 is 1.67 bits per heavy atom. The summed E-state index contributed by atoms with van der Waals surface area (Å²) >= 11 is 0. The summed E-state index contributed by atoms with van der Waals surface area (Å²) in [5.41, 5.74) is 3.59. The van der Waals surface area contributed by atoms with Crippen LogP contribution >= 0.6 is 0 Å². The number of hydrogen-bond acceptors (Lipinski definition) is 2. The first-order valence-corrected chi connectivity index (χ1v) is 9.81. The predicted molar refractivity (Wildman–Crippen MR) is 110 cm³/mol. The Labute approximate surface area is 172 Å². The van der Waals surface area contributed by atoms with Crippen LogP contribution in [0.4, 0.5) is 24.5 Å². The second-order valence-electron chi connectivity index (χ2n) is 7.71. The fourth-order valence-corrected chi connectivity index (χ4v) is 4.53. The molecule has 1 atom stereocenters. The van der Waals surface area contributed by atoms with Gasteiger partial charge in [-0.3, -0.25) is 9.69 Å². The molecular weight excluding hydrogens is 389 g/mol. The number of fused-ring (bicyclic) bond motifs is 5. The van der Waals surface area contributed by atoms with Gasteiger partial charge < -0.3 is 4.90 Å². The van der Waals surface area contributed by atoms with Crippen molar-refractivity contribution < 1.29 is 18.0 Å². The third-order valence-electron chi connectivity index (χ3n) is 5.95. The maximum Gasteiger partial charge on any atom is 0.416 e. The van der Waals surface area contributed by atoms with E-state index in [9.17, 15) is 18.0 Å². The summed E-state index contributed by atoms with van der Waals surface area (Å²) in [6, 6.07) is 18.9. The molecular formula is C24H19F3N2O. The molecule has 0 bridgehead atoms. The van der Waals surface area contributed by atoms with Crippen molar-refractivity contribution in [2.45, 2.75) is 25.7 Å². The molecule has 0 radical (unpaired) electrons. The Kier molecular flexibility index (Phi) is 4.13. The number of halogens is 3. The summed E-state index contributed by atoms with van der Waals surface area (Å²) in [4.78, 5) is 17.3. The summed E-state index contributed by atoms with van der Waals surface area (Å²) in [7, 11) is 0. The second kappa shape index (κ2) is 6.62. The molecule has 0 spiro atoms. The quantitative estimate of drug-likeness (QED) is 0.513. The minimum absolute atomic E-state index is 0.0868. The van der Waals surface area contributed by atoms with Gasteiger partial charge in [-0.2, -0.15) is 13.2 Å². The van der Waals surface area contributed by atoms with E-state index in [4.69, 9.17) is 0 Å². The number of para-hydroxylation sites is 1. The Morgan fingerprint density at radius 1 is 0.933 bits per heavy atom. The highest BCUT2D eigenvalue weighted by atomic mass is 19.4. The zero-order valence-corrected chi connectivity index (χ0v) is 16.3. The first-order chi connectivity index (χ1) is 14.4. The summed E-state index contributed by atoms with van der Waals surface area (Å²) in [6.45, 7) is 2.53. The highest BCUT2D eigenvalue weighted by Gasteiger charge is 2.43. The fraction of sp³-hybridized carbons (Fsp3) is 0.208. The molecule has 30 heavy (non-hydrogen) atoms. The Balaban J connectivity index is 1.76. The molecule has 0 saturated carbocycles. The summed E-state index contributed by atoms with van der Waals surface area (Å²) in [6.07, 6.45) is -4.13. The van der Waals surface area contributed by atoms with Gasteiger partial charge in [-0.1, -0.05) is 42.5 Å². The molecule has 1 amide bonds. The minimum atomic E-state index is -4.51. The number of carbonyl (C=O) groups excluding carboxylic acids is 1. The highest BCUT2D eigenvalue weighted by molar-refractivity contribution is 6.13. The van der Waals surface area contributed by atoms with E-state index in [0.29, 0.717) is 17.9 Å². The average molecular weight is 408 g/mol. The smallest absolute Gasteiger partial charge is 0.346 e. The number of anilines is 2. The first kappa shape index (κ1) is 18.7. The summed E-state index contributed by atoms with van der Waals surface area (Å²) in [5, 5.41) is 0. The normalized spacial score (nSPS) is 18.0. The molecule has 2 aliphatic rings. The van der Waals surface area contributed by atoms with E-state index in [0.717, 1.165) is 35.2 Å². The lowest BCUT2D eigenvalue weighted by molar-refractivity contribution is -0.137. The van der Waals surface area contributed by atoms with Gasteiger partial charge in [0, 0.05) is 12.2 Å². The minimum Gasteiger partial charge on any atom is -0.346 e. The molecule has 5 rings (SSSR count). The van der Waals surface area contributed by atoms with Gasteiger partial charge in [-0.25, -0.2) is 0 Å². The molecule has 6 heteroatoms. The molecule has 3 aromatic carbocycles. The number of alkyl halides is 3. The molecule has 3 nitrogen and oxygen atoms in total. The van der Waals surface area contributed by atoms with Crippen LogP contribution in [0.1, 0.15) is 38.8 Å². The average Bonchev–Trinajstić information content (AvgIpc) is 2.74. The van der Waals surface area contributed by atoms with Crippen LogP contribution in [0.2, 0.25) is 0 Å². The van der Waals surface area contributed by atoms with Gasteiger partial charge >= 0.3 is 6.18 Å². The standard InChI is InChI=1S/C24H19F3N2O/c1-15-6-2-5-9-20(15)29-22-18-8-4-3-7-16(18)12-13-28(22)21-11-10-17(24(25,26)27)14-19(21)23(29)30/h2-11,14,22H,12-13H2,1H3. The molecule has 0 fully saturated rings. The fourth-order valence-electron chi connectivity index (χ4n) is 4.53. The van der Waals surface area contributed by atoms with Crippen LogP contribution in [-0.4, -0.2) is 12.5 Å². The van der Waals surface area contributed by atoms with Gasteiger partial charge in [0.2, 0.25) is 0 Å². The van der Waals surface area contributed by atoms with Crippen molar-refractivity contribution in [3.63, 3.8) is 0 Å². The molecule has 0 aromatic heterocycles. The molecule has 3 aromatic rings. The van der Waals surface area contributed by atoms with Crippen molar-refractivity contribution in [3.05, 3.63) is 94.5 Å². The van der Waals surface area contributed by atoms with Crippen molar-refractivity contribution in [3.8, 4) is 0 Å². The van der Waals surface area contributed by atoms with Crippen molar-refractivity contribution in [1.82, 2.24) is 0 Å². The SMILES string of the molecule is Cc1ccccc1N1C(=O)c2cc(C(F)(F)F)ccc2N2CCc3ccccc3C21. The van der Waals surface area contributed by atoms with Gasteiger partial charge in [0.25, 0.3) is 5.91 Å². The monoisotopic (exact) mass is 408 g/mol. The summed E-state index contributed by atoms with van der Waals surface area (Å²) < 4.78 is 40.1. The summed E-state index contributed by atoms with van der Waals surface area (Å²) in [5.74, 6) is -0.414. The Bertz CT molecular complexity index is 1160. The highest BCUT2D eigenvalue weighted by Crippen LogP contribution is 2.46. The molecule has 0 N–H and O–H groups in total. The topological polar surface area (TPSA) is 23.6 Å². The van der Waals surface area contributed by atoms with Crippen LogP contribution in [0.3, 0.4) is 0 Å². The zero-order valence-electron chi connectivity index (χ0n) is 16.3. The van der Waals surface area contributed by atoms with E-state index in [1.807, 2.05) is 54.3 Å². The van der Waals surface area contributed by atoms with E-state index >= 15 is 0 Å². The maximum absolute atomic E-state index is 13.6. The van der Waals surface area contributed by atoms with Crippen LogP contribution in [0, 0.1) is 6.92 Å². The molecule has 1 unspecified atom stereocenters. The lowest BCUT2D eigenvalue weighted by atomic mass is 9.90. The van der Waals surface area contributed by atoms with Gasteiger partial charge in [0.05, 0.1) is 16.8 Å².